The first kappa shape index (κ1) is 17.4. The summed E-state index contributed by atoms with van der Waals surface area (Å²) in [6.07, 6.45) is -1.34. The topological polar surface area (TPSA) is 63.7 Å². The number of likely N-dealkylation sites (tertiary alicyclic amines) is 1. The van der Waals surface area contributed by atoms with Gasteiger partial charge >= 0.3 is 6.18 Å². The Morgan fingerprint density at radius 2 is 2.26 bits per heavy atom. The van der Waals surface area contributed by atoms with E-state index in [-0.39, 0.29) is 12.5 Å². The Hall–Kier alpha value is -1.99. The Morgan fingerprint density at radius 3 is 2.87 bits per heavy atom. The molecule has 1 saturated heterocycles. The van der Waals surface area contributed by atoms with Crippen molar-refractivity contribution in [1.29, 1.82) is 0 Å². The number of alkyl halides is 3. The van der Waals surface area contributed by atoms with Crippen LogP contribution in [0.15, 0.2) is 23.3 Å². The number of nitrogens with two attached hydrogens (primary N) is 1. The van der Waals surface area contributed by atoms with Gasteiger partial charge in [-0.05, 0) is 24.8 Å². The molecule has 0 radical (unpaired) electrons. The van der Waals surface area contributed by atoms with Gasteiger partial charge in [0.2, 0.25) is 5.88 Å². The minimum absolute atomic E-state index is 0.137. The van der Waals surface area contributed by atoms with Gasteiger partial charge in [0, 0.05) is 25.4 Å². The third-order valence-electron chi connectivity index (χ3n) is 3.66. The maximum Gasteiger partial charge on any atom is 0.417 e. The van der Waals surface area contributed by atoms with Gasteiger partial charge in [-0.15, -0.1) is 0 Å². The maximum atomic E-state index is 12.4. The summed E-state index contributed by atoms with van der Waals surface area (Å²) in [5.41, 5.74) is 5.14. The highest BCUT2D eigenvalue weighted by molar-refractivity contribution is 5.78. The largest absolute Gasteiger partial charge is 0.476 e. The number of halogens is 3. The first-order valence-electron chi connectivity index (χ1n) is 7.57. The number of nitrogens with zero attached hydrogens (tertiary/aromatic N) is 3. The lowest BCUT2D eigenvalue weighted by Gasteiger charge is -2.31. The van der Waals surface area contributed by atoms with E-state index in [1.165, 1.54) is 12.5 Å². The zero-order chi connectivity index (χ0) is 16.9. The van der Waals surface area contributed by atoms with Crippen LogP contribution in [-0.2, 0) is 6.18 Å². The van der Waals surface area contributed by atoms with Crippen molar-refractivity contribution in [2.24, 2.45) is 16.6 Å². The molecular formula is C15H21F3N4O. The van der Waals surface area contributed by atoms with Gasteiger partial charge in [0.05, 0.1) is 12.1 Å². The van der Waals surface area contributed by atoms with Gasteiger partial charge in [-0.1, -0.05) is 6.92 Å². The zero-order valence-electron chi connectivity index (χ0n) is 13.0. The molecule has 1 fully saturated rings. The van der Waals surface area contributed by atoms with E-state index < -0.39 is 11.7 Å². The van der Waals surface area contributed by atoms with Crippen molar-refractivity contribution in [1.82, 2.24) is 9.88 Å². The van der Waals surface area contributed by atoms with E-state index in [1.54, 1.807) is 0 Å². The van der Waals surface area contributed by atoms with Gasteiger partial charge in [-0.3, -0.25) is 0 Å². The van der Waals surface area contributed by atoms with Crippen LogP contribution in [0.25, 0.3) is 0 Å². The van der Waals surface area contributed by atoms with Crippen LogP contribution in [0.2, 0.25) is 0 Å². The number of hydrogen-bond donors (Lipinski definition) is 1. The molecule has 0 aromatic carbocycles. The van der Waals surface area contributed by atoms with Gasteiger partial charge in [0.15, 0.2) is 5.96 Å². The summed E-state index contributed by atoms with van der Waals surface area (Å²) in [6.45, 7) is 4.53. The highest BCUT2D eigenvalue weighted by atomic mass is 19.4. The van der Waals surface area contributed by atoms with E-state index in [0.29, 0.717) is 18.4 Å². The minimum Gasteiger partial charge on any atom is -0.476 e. The summed E-state index contributed by atoms with van der Waals surface area (Å²) in [5, 5.41) is 0. The van der Waals surface area contributed by atoms with Gasteiger partial charge in [0.25, 0.3) is 0 Å². The fraction of sp³-hybridized carbons (Fsp3) is 0.600. The number of aliphatic imine (C=N–C) groups is 1. The average molecular weight is 330 g/mol. The third kappa shape index (κ3) is 5.30. The Balaban J connectivity index is 1.77. The molecule has 1 unspecified atom stereocenters. The van der Waals surface area contributed by atoms with Gasteiger partial charge in [-0.2, -0.15) is 13.2 Å². The van der Waals surface area contributed by atoms with E-state index in [4.69, 9.17) is 10.5 Å². The monoisotopic (exact) mass is 330 g/mol. The van der Waals surface area contributed by atoms with Crippen molar-refractivity contribution in [2.75, 3.05) is 26.2 Å². The third-order valence-corrected chi connectivity index (χ3v) is 3.66. The number of guanidine groups is 1. The normalized spacial score (nSPS) is 19.7. The Bertz CT molecular complexity index is 531. The highest BCUT2D eigenvalue weighted by Gasteiger charge is 2.30. The zero-order valence-corrected chi connectivity index (χ0v) is 13.0. The lowest BCUT2D eigenvalue weighted by atomic mass is 10.0. The summed E-state index contributed by atoms with van der Waals surface area (Å²) in [7, 11) is 0. The molecule has 0 amide bonds. The molecule has 8 heteroatoms. The van der Waals surface area contributed by atoms with E-state index in [9.17, 15) is 13.2 Å². The molecule has 1 aliphatic rings. The fourth-order valence-electron chi connectivity index (χ4n) is 2.44. The quantitative estimate of drug-likeness (QED) is 0.523. The van der Waals surface area contributed by atoms with Crippen LogP contribution in [0.5, 0.6) is 5.88 Å². The summed E-state index contributed by atoms with van der Waals surface area (Å²) >= 11 is 0. The van der Waals surface area contributed by atoms with E-state index >= 15 is 0 Å². The first-order chi connectivity index (χ1) is 10.9. The predicted molar refractivity (Wildman–Crippen MR) is 81.2 cm³/mol. The second kappa shape index (κ2) is 7.52. The number of ether oxygens (including phenoxy) is 1. The summed E-state index contributed by atoms with van der Waals surface area (Å²) in [4.78, 5) is 9.92. The van der Waals surface area contributed by atoms with Crippen molar-refractivity contribution in [3.63, 3.8) is 0 Å². The molecule has 0 bridgehead atoms. The van der Waals surface area contributed by atoms with Gasteiger partial charge in [-0.25, -0.2) is 9.98 Å². The molecule has 128 valence electrons. The molecule has 1 aliphatic heterocycles. The predicted octanol–water partition coefficient (Wildman–Crippen LogP) is 2.53. The smallest absolute Gasteiger partial charge is 0.417 e. The molecule has 2 N–H and O–H groups in total. The van der Waals surface area contributed by atoms with Crippen molar-refractivity contribution in [3.05, 3.63) is 23.9 Å². The Kier molecular flexibility index (Phi) is 5.68. The lowest BCUT2D eigenvalue weighted by molar-refractivity contribution is -0.137. The molecule has 0 aliphatic carbocycles. The SMILES string of the molecule is CC1CCCN(C(N)=NCCOc2ccc(C(F)(F)F)cn2)C1. The molecular weight excluding hydrogens is 309 g/mol. The van der Waals surface area contributed by atoms with Crippen LogP contribution in [-0.4, -0.2) is 42.1 Å². The number of rotatable bonds is 4. The van der Waals surface area contributed by atoms with Gasteiger partial charge in [0.1, 0.15) is 6.61 Å². The minimum atomic E-state index is -4.39. The van der Waals surface area contributed by atoms with E-state index in [2.05, 4.69) is 16.9 Å². The molecule has 0 spiro atoms. The van der Waals surface area contributed by atoms with E-state index in [1.807, 2.05) is 4.90 Å². The second-order valence-corrected chi connectivity index (χ2v) is 5.66. The van der Waals surface area contributed by atoms with Crippen molar-refractivity contribution in [3.8, 4) is 5.88 Å². The van der Waals surface area contributed by atoms with Gasteiger partial charge < -0.3 is 15.4 Å². The number of hydrogen-bond acceptors (Lipinski definition) is 3. The fourth-order valence-corrected chi connectivity index (χ4v) is 2.44. The second-order valence-electron chi connectivity index (χ2n) is 5.66. The summed E-state index contributed by atoms with van der Waals surface area (Å²) in [5.74, 6) is 1.23. The van der Waals surface area contributed by atoms with Crippen LogP contribution < -0.4 is 10.5 Å². The van der Waals surface area contributed by atoms with Crippen molar-refractivity contribution in [2.45, 2.75) is 25.9 Å². The number of piperidine rings is 1. The van der Waals surface area contributed by atoms with Crippen LogP contribution in [0, 0.1) is 5.92 Å². The van der Waals surface area contributed by atoms with Crippen LogP contribution in [0.1, 0.15) is 25.3 Å². The average Bonchev–Trinajstić information content (AvgIpc) is 2.51. The number of pyridine rings is 1. The molecule has 5 nitrogen and oxygen atoms in total. The number of aromatic nitrogens is 1. The van der Waals surface area contributed by atoms with Crippen molar-refractivity contribution < 1.29 is 17.9 Å². The Labute approximate surface area is 133 Å². The molecule has 2 rings (SSSR count). The standard InChI is InChI=1S/C15H21F3N4O/c1-11-3-2-7-22(10-11)14(19)20-6-8-23-13-5-4-12(9-21-13)15(16,17)18/h4-5,9,11H,2-3,6-8,10H2,1H3,(H2,19,20). The Morgan fingerprint density at radius 1 is 1.48 bits per heavy atom. The first-order valence-corrected chi connectivity index (χ1v) is 7.57. The van der Waals surface area contributed by atoms with Crippen molar-refractivity contribution >= 4 is 5.96 Å². The molecule has 1 atom stereocenters. The molecule has 1 aromatic heterocycles. The molecule has 0 saturated carbocycles. The summed E-state index contributed by atoms with van der Waals surface area (Å²) in [6, 6.07) is 2.14. The van der Waals surface area contributed by atoms with E-state index in [0.717, 1.165) is 31.8 Å². The lowest BCUT2D eigenvalue weighted by Crippen LogP contribution is -2.43. The van der Waals surface area contributed by atoms with Crippen LogP contribution >= 0.6 is 0 Å². The highest BCUT2D eigenvalue weighted by Crippen LogP contribution is 2.29. The molecule has 1 aromatic rings. The maximum absolute atomic E-state index is 12.4. The summed E-state index contributed by atoms with van der Waals surface area (Å²) < 4.78 is 42.5. The van der Waals surface area contributed by atoms with Crippen LogP contribution in [0.4, 0.5) is 13.2 Å². The van der Waals surface area contributed by atoms with Crippen LogP contribution in [0.3, 0.4) is 0 Å². The molecule has 2 heterocycles. The molecule has 23 heavy (non-hydrogen) atoms.